The molecule has 110 valence electrons. The van der Waals surface area contributed by atoms with E-state index in [-0.39, 0.29) is 6.79 Å². The zero-order valence-corrected chi connectivity index (χ0v) is 12.3. The van der Waals surface area contributed by atoms with Crippen LogP contribution in [-0.2, 0) is 0 Å². The van der Waals surface area contributed by atoms with Crippen LogP contribution in [0.15, 0.2) is 40.8 Å². The Morgan fingerprint density at radius 3 is 2.68 bits per heavy atom. The van der Waals surface area contributed by atoms with Gasteiger partial charge in [0.05, 0.1) is 0 Å². The van der Waals surface area contributed by atoms with E-state index in [0.29, 0.717) is 11.7 Å². The average molecular weight is 294 g/mol. The molecule has 0 amide bonds. The summed E-state index contributed by atoms with van der Waals surface area (Å²) >= 11 is 0. The summed E-state index contributed by atoms with van der Waals surface area (Å²) in [6, 6.07) is 11.6. The fraction of sp³-hybridized carbons (Fsp3) is 0.176. The minimum Gasteiger partial charge on any atom is -0.454 e. The molecule has 0 unspecified atom stereocenters. The fourth-order valence-corrected chi connectivity index (χ4v) is 2.51. The lowest BCUT2D eigenvalue weighted by molar-refractivity contribution is 0.174. The highest BCUT2D eigenvalue weighted by molar-refractivity contribution is 5.76. The third-order valence-electron chi connectivity index (χ3n) is 3.50. The van der Waals surface area contributed by atoms with Crippen molar-refractivity contribution in [3.05, 3.63) is 48.0 Å². The number of aryl methyl sites for hydroxylation is 2. The Morgan fingerprint density at radius 1 is 0.955 bits per heavy atom. The molecule has 1 aliphatic rings. The molecule has 0 atom stereocenters. The lowest BCUT2D eigenvalue weighted by Gasteiger charge is -2.03. The Hall–Kier alpha value is -2.82. The largest absolute Gasteiger partial charge is 0.454 e. The second kappa shape index (κ2) is 4.87. The summed E-state index contributed by atoms with van der Waals surface area (Å²) in [5.41, 5.74) is 3.38. The van der Waals surface area contributed by atoms with E-state index in [1.807, 2.05) is 50.2 Å². The predicted molar refractivity (Wildman–Crippen MR) is 80.8 cm³/mol. The number of rotatable bonds is 2. The summed E-state index contributed by atoms with van der Waals surface area (Å²) in [7, 11) is 0. The molecule has 3 aromatic rings. The molecule has 5 heteroatoms. The number of oxazole rings is 1. The summed E-state index contributed by atoms with van der Waals surface area (Å²) in [4.78, 5) is 9.04. The van der Waals surface area contributed by atoms with Gasteiger partial charge in [0, 0.05) is 18.2 Å². The zero-order valence-electron chi connectivity index (χ0n) is 12.3. The molecule has 4 rings (SSSR count). The van der Waals surface area contributed by atoms with Gasteiger partial charge >= 0.3 is 0 Å². The first-order chi connectivity index (χ1) is 10.7. The van der Waals surface area contributed by atoms with E-state index < -0.39 is 0 Å². The second-order valence-electron chi connectivity index (χ2n) is 5.14. The van der Waals surface area contributed by atoms with Crippen molar-refractivity contribution in [1.82, 2.24) is 9.97 Å². The molecule has 1 aromatic carbocycles. The third-order valence-corrected chi connectivity index (χ3v) is 3.50. The maximum absolute atomic E-state index is 5.78. The molecule has 0 saturated heterocycles. The monoisotopic (exact) mass is 294 g/mol. The van der Waals surface area contributed by atoms with Gasteiger partial charge in [-0.15, -0.1) is 0 Å². The van der Waals surface area contributed by atoms with Gasteiger partial charge in [0.2, 0.25) is 6.79 Å². The van der Waals surface area contributed by atoms with E-state index in [0.717, 1.165) is 34.1 Å². The summed E-state index contributed by atoms with van der Waals surface area (Å²) in [5, 5.41) is 0. The second-order valence-corrected chi connectivity index (χ2v) is 5.14. The summed E-state index contributed by atoms with van der Waals surface area (Å²) in [5.74, 6) is 2.74. The molecule has 2 aromatic heterocycles. The maximum Gasteiger partial charge on any atom is 0.231 e. The number of pyridine rings is 1. The van der Waals surface area contributed by atoms with Gasteiger partial charge in [0.25, 0.3) is 0 Å². The normalized spacial score (nSPS) is 12.6. The lowest BCUT2D eigenvalue weighted by Crippen LogP contribution is -1.92. The van der Waals surface area contributed by atoms with E-state index >= 15 is 0 Å². The Morgan fingerprint density at radius 2 is 1.82 bits per heavy atom. The van der Waals surface area contributed by atoms with Crippen LogP contribution in [0.1, 0.15) is 11.6 Å². The number of hydrogen-bond donors (Lipinski definition) is 0. The average Bonchev–Trinajstić information content (AvgIpc) is 3.12. The molecule has 5 nitrogen and oxygen atoms in total. The van der Waals surface area contributed by atoms with Crippen LogP contribution in [0.5, 0.6) is 11.5 Å². The molecule has 0 spiro atoms. The molecule has 0 fully saturated rings. The summed E-state index contributed by atoms with van der Waals surface area (Å²) in [6.07, 6.45) is 0. The van der Waals surface area contributed by atoms with Crippen LogP contribution in [0.25, 0.3) is 22.7 Å². The van der Waals surface area contributed by atoms with Crippen molar-refractivity contribution >= 4 is 0 Å². The molecule has 1 aliphatic heterocycles. The molecular weight excluding hydrogens is 280 g/mol. The molecular formula is C17H14N2O3. The molecule has 0 saturated carbocycles. The predicted octanol–water partition coefficient (Wildman–Crippen LogP) is 3.75. The number of hydrogen-bond acceptors (Lipinski definition) is 5. The van der Waals surface area contributed by atoms with Crippen molar-refractivity contribution in [2.45, 2.75) is 13.8 Å². The molecule has 22 heavy (non-hydrogen) atoms. The molecule has 0 N–H and O–H groups in total. The summed E-state index contributed by atoms with van der Waals surface area (Å²) < 4.78 is 16.6. The SMILES string of the molecule is Cc1cccc(-c2oc(C)nc2-c2ccc3c(c2)OCO3)n1. The Bertz CT molecular complexity index is 855. The van der Waals surface area contributed by atoms with E-state index in [1.165, 1.54) is 0 Å². The van der Waals surface area contributed by atoms with Gasteiger partial charge in [-0.2, -0.15) is 0 Å². The van der Waals surface area contributed by atoms with E-state index in [4.69, 9.17) is 13.9 Å². The van der Waals surface area contributed by atoms with Gasteiger partial charge in [-0.05, 0) is 37.3 Å². The number of aromatic nitrogens is 2. The first kappa shape index (κ1) is 12.9. The molecule has 0 aliphatic carbocycles. The van der Waals surface area contributed by atoms with Gasteiger partial charge in [-0.25, -0.2) is 9.97 Å². The van der Waals surface area contributed by atoms with Crippen molar-refractivity contribution in [2.75, 3.05) is 6.79 Å². The first-order valence-corrected chi connectivity index (χ1v) is 7.02. The van der Waals surface area contributed by atoms with Crippen LogP contribution in [0.2, 0.25) is 0 Å². The van der Waals surface area contributed by atoms with Crippen LogP contribution < -0.4 is 9.47 Å². The minimum absolute atomic E-state index is 0.253. The molecule has 0 radical (unpaired) electrons. The molecule has 0 bridgehead atoms. The summed E-state index contributed by atoms with van der Waals surface area (Å²) in [6.45, 7) is 4.03. The lowest BCUT2D eigenvalue weighted by atomic mass is 10.1. The topological polar surface area (TPSA) is 57.4 Å². The van der Waals surface area contributed by atoms with E-state index in [2.05, 4.69) is 9.97 Å². The van der Waals surface area contributed by atoms with Crippen LogP contribution >= 0.6 is 0 Å². The highest BCUT2D eigenvalue weighted by Gasteiger charge is 2.20. The van der Waals surface area contributed by atoms with Crippen molar-refractivity contribution in [3.8, 4) is 34.2 Å². The highest BCUT2D eigenvalue weighted by Crippen LogP contribution is 2.38. The zero-order chi connectivity index (χ0) is 15.1. The van der Waals surface area contributed by atoms with Crippen LogP contribution in [0, 0.1) is 13.8 Å². The van der Waals surface area contributed by atoms with Gasteiger partial charge in [-0.1, -0.05) is 6.07 Å². The van der Waals surface area contributed by atoms with Crippen molar-refractivity contribution in [2.24, 2.45) is 0 Å². The van der Waals surface area contributed by atoms with Gasteiger partial charge in [0.1, 0.15) is 11.4 Å². The number of ether oxygens (including phenoxy) is 2. The van der Waals surface area contributed by atoms with Crippen LogP contribution in [0.4, 0.5) is 0 Å². The number of benzene rings is 1. The standard InChI is InChI=1S/C17H14N2O3/c1-10-4-3-5-13(18-10)17-16(19-11(2)22-17)12-6-7-14-15(8-12)21-9-20-14/h3-8H,9H2,1-2H3. The highest BCUT2D eigenvalue weighted by atomic mass is 16.7. The third kappa shape index (κ3) is 2.11. The van der Waals surface area contributed by atoms with Gasteiger partial charge in [-0.3, -0.25) is 0 Å². The number of nitrogens with zero attached hydrogens (tertiary/aromatic N) is 2. The van der Waals surface area contributed by atoms with Gasteiger partial charge in [0.15, 0.2) is 23.1 Å². The maximum atomic E-state index is 5.78. The van der Waals surface area contributed by atoms with Crippen molar-refractivity contribution < 1.29 is 13.9 Å². The minimum atomic E-state index is 0.253. The quantitative estimate of drug-likeness (QED) is 0.720. The smallest absolute Gasteiger partial charge is 0.231 e. The van der Waals surface area contributed by atoms with Crippen LogP contribution in [0.3, 0.4) is 0 Å². The van der Waals surface area contributed by atoms with E-state index in [9.17, 15) is 0 Å². The van der Waals surface area contributed by atoms with Crippen molar-refractivity contribution in [3.63, 3.8) is 0 Å². The number of fused-ring (bicyclic) bond motifs is 1. The Kier molecular flexibility index (Phi) is 2.85. The fourth-order valence-electron chi connectivity index (χ4n) is 2.51. The van der Waals surface area contributed by atoms with Crippen LogP contribution in [-0.4, -0.2) is 16.8 Å². The molecule has 3 heterocycles. The first-order valence-electron chi connectivity index (χ1n) is 7.02. The van der Waals surface area contributed by atoms with E-state index in [1.54, 1.807) is 0 Å². The van der Waals surface area contributed by atoms with Crippen molar-refractivity contribution in [1.29, 1.82) is 0 Å². The Balaban J connectivity index is 1.86. The Labute approximate surface area is 127 Å². The van der Waals surface area contributed by atoms with Gasteiger partial charge < -0.3 is 13.9 Å².